The molecule has 2 aliphatic rings. The van der Waals surface area contributed by atoms with Gasteiger partial charge in [-0.2, -0.15) is 0 Å². The van der Waals surface area contributed by atoms with E-state index >= 15 is 0 Å². The SMILES string of the molecule is CC(c1nnnn1C1CC1)N1CCOC(c2ccc(Cl)cc2)C1. The van der Waals surface area contributed by atoms with Crippen LogP contribution < -0.4 is 0 Å². The summed E-state index contributed by atoms with van der Waals surface area (Å²) in [5.41, 5.74) is 1.16. The van der Waals surface area contributed by atoms with Crippen molar-refractivity contribution in [3.63, 3.8) is 0 Å². The molecule has 2 heterocycles. The number of nitrogens with zero attached hydrogens (tertiary/aromatic N) is 5. The number of halogens is 1. The van der Waals surface area contributed by atoms with Crippen LogP contribution in [-0.2, 0) is 4.74 Å². The lowest BCUT2D eigenvalue weighted by molar-refractivity contribution is -0.0447. The normalized spacial score (nSPS) is 23.8. The molecule has 1 aromatic heterocycles. The maximum atomic E-state index is 5.97. The monoisotopic (exact) mass is 333 g/mol. The molecule has 0 bridgehead atoms. The maximum Gasteiger partial charge on any atom is 0.168 e. The molecule has 0 radical (unpaired) electrons. The van der Waals surface area contributed by atoms with Gasteiger partial charge >= 0.3 is 0 Å². The Labute approximate surface area is 140 Å². The van der Waals surface area contributed by atoms with Gasteiger partial charge in [0.2, 0.25) is 0 Å². The van der Waals surface area contributed by atoms with Gasteiger partial charge in [-0.15, -0.1) is 5.10 Å². The molecule has 6 nitrogen and oxygen atoms in total. The highest BCUT2D eigenvalue weighted by Gasteiger charge is 2.33. The summed E-state index contributed by atoms with van der Waals surface area (Å²) in [6.45, 7) is 4.61. The smallest absolute Gasteiger partial charge is 0.168 e. The first-order chi connectivity index (χ1) is 11.2. The Kier molecular flexibility index (Phi) is 4.05. The standard InChI is InChI=1S/C16H20ClN5O/c1-11(16-18-19-20-22(16)14-6-7-14)21-8-9-23-15(10-21)12-2-4-13(17)5-3-12/h2-5,11,14-15H,6-10H2,1H3. The number of aromatic nitrogens is 4. The number of benzene rings is 1. The van der Waals surface area contributed by atoms with Crippen molar-refractivity contribution >= 4 is 11.6 Å². The molecule has 23 heavy (non-hydrogen) atoms. The van der Waals surface area contributed by atoms with Crippen molar-refractivity contribution in [1.29, 1.82) is 0 Å². The zero-order valence-corrected chi connectivity index (χ0v) is 13.9. The average Bonchev–Trinajstić information content (AvgIpc) is 3.32. The minimum Gasteiger partial charge on any atom is -0.371 e. The molecular weight excluding hydrogens is 314 g/mol. The highest BCUT2D eigenvalue weighted by molar-refractivity contribution is 6.30. The van der Waals surface area contributed by atoms with Gasteiger partial charge in [-0.1, -0.05) is 23.7 Å². The molecule has 0 N–H and O–H groups in total. The van der Waals surface area contributed by atoms with E-state index < -0.39 is 0 Å². The van der Waals surface area contributed by atoms with Gasteiger partial charge in [-0.3, -0.25) is 4.90 Å². The molecule has 122 valence electrons. The second-order valence-corrected chi connectivity index (χ2v) is 6.73. The van der Waals surface area contributed by atoms with Gasteiger partial charge in [0.1, 0.15) is 0 Å². The third kappa shape index (κ3) is 3.11. The molecule has 2 aromatic rings. The predicted molar refractivity (Wildman–Crippen MR) is 86.2 cm³/mol. The van der Waals surface area contributed by atoms with E-state index in [1.165, 1.54) is 12.8 Å². The fourth-order valence-electron chi connectivity index (χ4n) is 3.12. The lowest BCUT2D eigenvalue weighted by atomic mass is 10.1. The molecule has 0 amide bonds. The lowest BCUT2D eigenvalue weighted by Crippen LogP contribution is -2.40. The molecule has 7 heteroatoms. The van der Waals surface area contributed by atoms with E-state index in [4.69, 9.17) is 16.3 Å². The average molecular weight is 334 g/mol. The molecule has 1 saturated carbocycles. The van der Waals surface area contributed by atoms with E-state index in [0.29, 0.717) is 12.6 Å². The van der Waals surface area contributed by atoms with E-state index in [0.717, 1.165) is 29.5 Å². The van der Waals surface area contributed by atoms with Crippen LogP contribution in [0.15, 0.2) is 24.3 Å². The highest BCUT2D eigenvalue weighted by Crippen LogP contribution is 2.37. The number of hydrogen-bond donors (Lipinski definition) is 0. The van der Waals surface area contributed by atoms with Crippen LogP contribution in [0.5, 0.6) is 0 Å². The van der Waals surface area contributed by atoms with Gasteiger partial charge < -0.3 is 4.74 Å². The first-order valence-corrected chi connectivity index (χ1v) is 8.49. The molecule has 4 rings (SSSR count). The molecule has 2 fully saturated rings. The number of rotatable bonds is 4. The molecule has 1 aliphatic heterocycles. The Hall–Kier alpha value is -1.50. The van der Waals surface area contributed by atoms with Crippen molar-refractivity contribution in [2.45, 2.75) is 38.0 Å². The van der Waals surface area contributed by atoms with Gasteiger partial charge in [0, 0.05) is 18.1 Å². The van der Waals surface area contributed by atoms with Crippen LogP contribution in [0.2, 0.25) is 5.02 Å². The van der Waals surface area contributed by atoms with Gasteiger partial charge in [0.25, 0.3) is 0 Å². The number of morpholine rings is 1. The summed E-state index contributed by atoms with van der Waals surface area (Å²) < 4.78 is 7.95. The predicted octanol–water partition coefficient (Wildman–Crippen LogP) is 2.80. The molecule has 1 saturated heterocycles. The number of ether oxygens (including phenoxy) is 1. The van der Waals surface area contributed by atoms with Crippen molar-refractivity contribution in [3.05, 3.63) is 40.7 Å². The van der Waals surface area contributed by atoms with E-state index in [9.17, 15) is 0 Å². The third-order valence-corrected chi connectivity index (χ3v) is 4.92. The van der Waals surface area contributed by atoms with Crippen LogP contribution >= 0.6 is 11.6 Å². The van der Waals surface area contributed by atoms with Gasteiger partial charge in [0.05, 0.1) is 24.8 Å². The van der Waals surface area contributed by atoms with E-state index in [-0.39, 0.29) is 12.1 Å². The Morgan fingerprint density at radius 3 is 2.78 bits per heavy atom. The fourth-order valence-corrected chi connectivity index (χ4v) is 3.24. The summed E-state index contributed by atoms with van der Waals surface area (Å²) >= 11 is 5.97. The van der Waals surface area contributed by atoms with Crippen LogP contribution in [0.3, 0.4) is 0 Å². The summed E-state index contributed by atoms with van der Waals surface area (Å²) in [5, 5.41) is 13.1. The molecule has 2 unspecified atom stereocenters. The molecule has 2 atom stereocenters. The summed E-state index contributed by atoms with van der Waals surface area (Å²) in [6.07, 6.45) is 2.43. The lowest BCUT2D eigenvalue weighted by Gasteiger charge is -2.36. The summed E-state index contributed by atoms with van der Waals surface area (Å²) in [6, 6.07) is 8.58. The third-order valence-electron chi connectivity index (χ3n) is 4.67. The van der Waals surface area contributed by atoms with Gasteiger partial charge in [-0.25, -0.2) is 4.68 Å². The van der Waals surface area contributed by atoms with Gasteiger partial charge in [0.15, 0.2) is 5.82 Å². The Morgan fingerprint density at radius 1 is 1.26 bits per heavy atom. The zero-order valence-electron chi connectivity index (χ0n) is 13.1. The second-order valence-electron chi connectivity index (χ2n) is 6.29. The van der Waals surface area contributed by atoms with Crippen molar-refractivity contribution in [1.82, 2.24) is 25.1 Å². The molecule has 1 aliphatic carbocycles. The van der Waals surface area contributed by atoms with Crippen molar-refractivity contribution in [3.8, 4) is 0 Å². The van der Waals surface area contributed by atoms with E-state index in [1.54, 1.807) is 0 Å². The highest BCUT2D eigenvalue weighted by atomic mass is 35.5. The largest absolute Gasteiger partial charge is 0.371 e. The first kappa shape index (κ1) is 15.1. The van der Waals surface area contributed by atoms with Crippen LogP contribution in [0, 0.1) is 0 Å². The van der Waals surface area contributed by atoms with Crippen LogP contribution in [-0.4, -0.2) is 44.8 Å². The molecular formula is C16H20ClN5O. The molecule has 0 spiro atoms. The van der Waals surface area contributed by atoms with Crippen LogP contribution in [0.4, 0.5) is 0 Å². The summed E-state index contributed by atoms with van der Waals surface area (Å²) in [4.78, 5) is 2.40. The fraction of sp³-hybridized carbons (Fsp3) is 0.562. The van der Waals surface area contributed by atoms with Crippen LogP contribution in [0.1, 0.15) is 49.3 Å². The minimum absolute atomic E-state index is 0.0636. The van der Waals surface area contributed by atoms with E-state index in [2.05, 4.69) is 27.3 Å². The summed E-state index contributed by atoms with van der Waals surface area (Å²) in [5.74, 6) is 0.962. The zero-order chi connectivity index (χ0) is 15.8. The van der Waals surface area contributed by atoms with E-state index in [1.807, 2.05) is 28.9 Å². The Balaban J connectivity index is 1.50. The summed E-state index contributed by atoms with van der Waals surface area (Å²) in [7, 11) is 0. The van der Waals surface area contributed by atoms with Crippen molar-refractivity contribution in [2.24, 2.45) is 0 Å². The van der Waals surface area contributed by atoms with Crippen molar-refractivity contribution < 1.29 is 4.74 Å². The van der Waals surface area contributed by atoms with Crippen molar-refractivity contribution in [2.75, 3.05) is 19.7 Å². The molecule has 1 aromatic carbocycles. The van der Waals surface area contributed by atoms with Crippen LogP contribution in [0.25, 0.3) is 0 Å². The number of tetrazole rings is 1. The number of hydrogen-bond acceptors (Lipinski definition) is 5. The first-order valence-electron chi connectivity index (χ1n) is 8.11. The Morgan fingerprint density at radius 2 is 2.04 bits per heavy atom. The quantitative estimate of drug-likeness (QED) is 0.861. The Bertz CT molecular complexity index is 669. The maximum absolute atomic E-state index is 5.97. The van der Waals surface area contributed by atoms with Gasteiger partial charge in [-0.05, 0) is 47.9 Å². The topological polar surface area (TPSA) is 56.1 Å². The minimum atomic E-state index is 0.0636. The second kappa shape index (κ2) is 6.19.